The number of aromatic nitrogens is 2. The van der Waals surface area contributed by atoms with Crippen molar-refractivity contribution in [2.45, 2.75) is 36.3 Å². The molecule has 3 heterocycles. The van der Waals surface area contributed by atoms with Crippen molar-refractivity contribution >= 4 is 45.2 Å². The molecule has 1 saturated heterocycles. The Morgan fingerprint density at radius 3 is 2.58 bits per heavy atom. The van der Waals surface area contributed by atoms with Crippen molar-refractivity contribution in [3.8, 4) is 0 Å². The average Bonchev–Trinajstić information content (AvgIpc) is 3.53. The van der Waals surface area contributed by atoms with Crippen LogP contribution in [-0.4, -0.2) is 49.5 Å². The van der Waals surface area contributed by atoms with E-state index in [1.54, 1.807) is 29.4 Å². The minimum atomic E-state index is -0.963. The molecule has 6 N–H and O–H groups in total. The first kappa shape index (κ1) is 27.6. The molecule has 0 saturated carbocycles. The molecule has 0 spiro atoms. The lowest BCUT2D eigenvalue weighted by atomic mass is 9.84. The molecule has 11 heteroatoms. The second-order valence-electron chi connectivity index (χ2n) is 8.49. The number of benzene rings is 2. The lowest BCUT2D eigenvalue weighted by Gasteiger charge is -2.39. The van der Waals surface area contributed by atoms with Crippen LogP contribution in [0.2, 0.25) is 0 Å². The summed E-state index contributed by atoms with van der Waals surface area (Å²) in [6.07, 6.45) is 4.46. The highest BCUT2D eigenvalue weighted by molar-refractivity contribution is 8.00. The molecule has 36 heavy (non-hydrogen) atoms. The smallest absolute Gasteiger partial charge is 0.245 e. The van der Waals surface area contributed by atoms with Crippen molar-refractivity contribution in [3.05, 3.63) is 77.7 Å². The van der Waals surface area contributed by atoms with E-state index in [2.05, 4.69) is 9.71 Å². The molecule has 198 valence electrons. The summed E-state index contributed by atoms with van der Waals surface area (Å²) in [4.78, 5) is 20.2. The summed E-state index contributed by atoms with van der Waals surface area (Å²) < 4.78 is 19.1. The molecule has 4 aromatic rings. The predicted octanol–water partition coefficient (Wildman–Crippen LogP) is 4.52. The summed E-state index contributed by atoms with van der Waals surface area (Å²) in [6, 6.07) is 14.0. The molecule has 1 aliphatic rings. The topological polar surface area (TPSA) is 133 Å². The summed E-state index contributed by atoms with van der Waals surface area (Å²) in [5.41, 5.74) is 0.602. The molecule has 0 bridgehead atoms. The van der Waals surface area contributed by atoms with Crippen molar-refractivity contribution in [2.24, 2.45) is 0 Å². The van der Waals surface area contributed by atoms with Crippen LogP contribution in [0.1, 0.15) is 35.7 Å². The Hall–Kier alpha value is -2.96. The lowest BCUT2D eigenvalue weighted by molar-refractivity contribution is -0.138. The first-order valence-corrected chi connectivity index (χ1v) is 12.8. The first-order chi connectivity index (χ1) is 16.4. The summed E-state index contributed by atoms with van der Waals surface area (Å²) in [5.74, 6) is -0.314. The zero-order valence-corrected chi connectivity index (χ0v) is 21.3. The van der Waals surface area contributed by atoms with Crippen molar-refractivity contribution < 1.29 is 29.5 Å². The van der Waals surface area contributed by atoms with Gasteiger partial charge in [-0.25, -0.2) is 9.37 Å². The number of likely N-dealkylation sites (tertiary alicyclic amines) is 1. The number of carbonyl (C=O) groups is 1. The number of halogens is 1. The average molecular weight is 539 g/mol. The number of hydrogen-bond acceptors (Lipinski definition) is 6. The van der Waals surface area contributed by atoms with Gasteiger partial charge in [0.2, 0.25) is 5.91 Å². The lowest BCUT2D eigenvalue weighted by Crippen LogP contribution is -2.47. The van der Waals surface area contributed by atoms with Gasteiger partial charge in [0, 0.05) is 45.4 Å². The van der Waals surface area contributed by atoms with Gasteiger partial charge in [-0.05, 0) is 67.6 Å². The van der Waals surface area contributed by atoms with Crippen LogP contribution in [0, 0.1) is 5.82 Å². The van der Waals surface area contributed by atoms with E-state index in [1.165, 1.54) is 29.4 Å². The standard InChI is InChI=1S/C25H25FN4O2S2.2H2O.3H2/c1-17(30-13-9-20-21(26)3-2-4-22(20)30)23(31)29-14-10-25(32,11-15-29)18-5-7-19(8-6-18)34-28-24-27-12-16-33-24;;;;;/h2-9,12-13,16-17,32H,10-11,14-15H2,1H3,(H,27,28);2*1H2;3*1H/t17-;;;;;/m1...../s1. The number of fused-ring (bicyclic) bond motifs is 1. The van der Waals surface area contributed by atoms with E-state index < -0.39 is 11.6 Å². The van der Waals surface area contributed by atoms with Gasteiger partial charge in [0.25, 0.3) is 0 Å². The SMILES string of the molecule is C[C@H](C(=O)N1CCC(O)(c2ccc(SNc3nccs3)cc2)CC1)n1ccc2c(F)cccc21.O.O.[HH].[HH].[HH]. The highest BCUT2D eigenvalue weighted by Crippen LogP contribution is 2.35. The Bertz CT molecular complexity index is 1300. The predicted molar refractivity (Wildman–Crippen MR) is 148 cm³/mol. The summed E-state index contributed by atoms with van der Waals surface area (Å²) in [6.45, 7) is 2.77. The first-order valence-electron chi connectivity index (χ1n) is 11.1. The van der Waals surface area contributed by atoms with Crippen molar-refractivity contribution in [2.75, 3.05) is 17.8 Å². The molecule has 2 aromatic heterocycles. The van der Waals surface area contributed by atoms with Gasteiger partial charge in [0.15, 0.2) is 5.13 Å². The van der Waals surface area contributed by atoms with E-state index in [0.29, 0.717) is 36.8 Å². The third kappa shape index (κ3) is 5.40. The van der Waals surface area contributed by atoms with Crippen LogP contribution in [0.3, 0.4) is 0 Å². The molecular formula is C25H35FN4O4S2. The monoisotopic (exact) mass is 538 g/mol. The molecule has 1 fully saturated rings. The summed E-state index contributed by atoms with van der Waals surface area (Å²) in [7, 11) is 0. The van der Waals surface area contributed by atoms with Crippen molar-refractivity contribution in [1.29, 1.82) is 0 Å². The number of nitrogens with one attached hydrogen (secondary N) is 1. The summed E-state index contributed by atoms with van der Waals surface area (Å²) in [5, 5.41) is 14.6. The summed E-state index contributed by atoms with van der Waals surface area (Å²) >= 11 is 3.02. The fraction of sp³-hybridized carbons (Fsp3) is 0.280. The molecule has 0 aliphatic carbocycles. The van der Waals surface area contributed by atoms with Crippen LogP contribution in [0.5, 0.6) is 0 Å². The van der Waals surface area contributed by atoms with Crippen molar-refractivity contribution in [1.82, 2.24) is 14.5 Å². The normalized spacial score (nSPS) is 15.6. The second kappa shape index (κ2) is 11.4. The maximum atomic E-state index is 14.1. The third-order valence-electron chi connectivity index (χ3n) is 6.47. The van der Waals surface area contributed by atoms with Gasteiger partial charge in [0.05, 0.1) is 11.1 Å². The third-order valence-corrected chi connectivity index (χ3v) is 8.09. The van der Waals surface area contributed by atoms with E-state index in [-0.39, 0.29) is 27.0 Å². The van der Waals surface area contributed by atoms with E-state index >= 15 is 0 Å². The molecule has 1 atom stereocenters. The van der Waals surface area contributed by atoms with Gasteiger partial charge in [-0.15, -0.1) is 11.3 Å². The Balaban J connectivity index is 0.00000289. The highest BCUT2D eigenvalue weighted by Gasteiger charge is 2.36. The number of thiazole rings is 1. The Morgan fingerprint density at radius 1 is 1.19 bits per heavy atom. The van der Waals surface area contributed by atoms with Gasteiger partial charge < -0.3 is 30.2 Å². The molecule has 1 aliphatic heterocycles. The zero-order valence-electron chi connectivity index (χ0n) is 19.6. The number of nitrogens with zero attached hydrogens (tertiary/aromatic N) is 3. The molecule has 1 amide bonds. The van der Waals surface area contributed by atoms with E-state index in [1.807, 2.05) is 47.2 Å². The maximum absolute atomic E-state index is 14.1. The highest BCUT2D eigenvalue weighted by atomic mass is 32.2. The molecule has 0 unspecified atom stereocenters. The molecule has 8 nitrogen and oxygen atoms in total. The van der Waals surface area contributed by atoms with E-state index in [9.17, 15) is 14.3 Å². The number of amides is 1. The second-order valence-corrected chi connectivity index (χ2v) is 10.3. The number of carbonyl (C=O) groups excluding carboxylic acids is 1. The minimum absolute atomic E-state index is 0. The van der Waals surface area contributed by atoms with Gasteiger partial charge >= 0.3 is 0 Å². The Morgan fingerprint density at radius 2 is 1.92 bits per heavy atom. The van der Waals surface area contributed by atoms with Crippen LogP contribution in [0.15, 0.2) is 71.2 Å². The van der Waals surface area contributed by atoms with Gasteiger partial charge in [0.1, 0.15) is 11.9 Å². The molecule has 0 radical (unpaired) electrons. The number of aliphatic hydroxyl groups is 1. The van der Waals surface area contributed by atoms with E-state index in [4.69, 9.17) is 0 Å². The van der Waals surface area contributed by atoms with Gasteiger partial charge in [-0.1, -0.05) is 18.2 Å². The Labute approximate surface area is 221 Å². The molecule has 2 aromatic carbocycles. The van der Waals surface area contributed by atoms with Gasteiger partial charge in [-0.3, -0.25) is 4.79 Å². The largest absolute Gasteiger partial charge is 0.412 e. The minimum Gasteiger partial charge on any atom is -0.412 e. The van der Waals surface area contributed by atoms with Crippen LogP contribution in [0.25, 0.3) is 10.9 Å². The number of hydrogen-bond donors (Lipinski definition) is 2. The zero-order chi connectivity index (χ0) is 23.7. The maximum Gasteiger partial charge on any atom is 0.245 e. The van der Waals surface area contributed by atoms with Crippen molar-refractivity contribution in [3.63, 3.8) is 0 Å². The molecular weight excluding hydrogens is 503 g/mol. The fourth-order valence-corrected chi connectivity index (χ4v) is 5.69. The molecule has 5 rings (SSSR count). The van der Waals surface area contributed by atoms with Crippen LogP contribution in [0.4, 0.5) is 9.52 Å². The fourth-order valence-electron chi connectivity index (χ4n) is 4.47. The quantitative estimate of drug-likeness (QED) is 0.348. The number of piperidine rings is 1. The van der Waals surface area contributed by atoms with Crippen LogP contribution >= 0.6 is 23.3 Å². The van der Waals surface area contributed by atoms with Crippen LogP contribution < -0.4 is 4.72 Å². The van der Waals surface area contributed by atoms with Gasteiger partial charge in [-0.2, -0.15) is 0 Å². The number of anilines is 1. The number of rotatable bonds is 6. The van der Waals surface area contributed by atoms with Crippen LogP contribution in [-0.2, 0) is 10.4 Å². The van der Waals surface area contributed by atoms with E-state index in [0.717, 1.165) is 15.6 Å². The Kier molecular flexibility index (Phi) is 8.75.